The highest BCUT2D eigenvalue weighted by Gasteiger charge is 2.16. The Morgan fingerprint density at radius 1 is 1.30 bits per heavy atom. The number of esters is 1. The average Bonchev–Trinajstić information content (AvgIpc) is 2.89. The van der Waals surface area contributed by atoms with Gasteiger partial charge in [0.1, 0.15) is 5.57 Å². The van der Waals surface area contributed by atoms with Gasteiger partial charge >= 0.3 is 11.9 Å². The molecule has 0 radical (unpaired) electrons. The number of allylic oxidation sites excluding steroid dienone is 2. The van der Waals surface area contributed by atoms with E-state index in [2.05, 4.69) is 4.74 Å². The molecule has 1 heterocycles. The van der Waals surface area contributed by atoms with Gasteiger partial charge in [-0.3, -0.25) is 0 Å². The van der Waals surface area contributed by atoms with E-state index in [1.807, 2.05) is 0 Å². The van der Waals surface area contributed by atoms with Crippen molar-refractivity contribution in [1.82, 2.24) is 0 Å². The number of aliphatic carboxylic acids is 1. The normalized spacial score (nSPS) is 13.6. The fraction of sp³-hybridized carbons (Fsp3) is 0.143. The Labute approximate surface area is 114 Å². The van der Waals surface area contributed by atoms with Crippen LogP contribution >= 0.6 is 0 Å². The molecule has 1 aliphatic heterocycles. The number of hydrogen-bond acceptors (Lipinski definition) is 5. The van der Waals surface area contributed by atoms with Gasteiger partial charge in [0, 0.05) is 0 Å². The standard InChI is InChI=1S/C14H12O6/c1-18-14(17)10(13(15)16)4-2-3-9-5-6-11-12(7-9)20-8-19-11/h2-7H,8H2,1H3,(H,15,16)/b3-2+,10-4+. The van der Waals surface area contributed by atoms with Crippen molar-refractivity contribution in [2.75, 3.05) is 13.9 Å². The topological polar surface area (TPSA) is 82.1 Å². The zero-order valence-corrected chi connectivity index (χ0v) is 10.7. The smallest absolute Gasteiger partial charge is 0.345 e. The molecule has 0 saturated heterocycles. The summed E-state index contributed by atoms with van der Waals surface area (Å²) in [4.78, 5) is 22.1. The second-order valence-corrected chi connectivity index (χ2v) is 3.85. The van der Waals surface area contributed by atoms with Crippen LogP contribution in [0, 0.1) is 0 Å². The molecule has 0 aliphatic carbocycles. The van der Waals surface area contributed by atoms with Crippen molar-refractivity contribution in [1.29, 1.82) is 0 Å². The third kappa shape index (κ3) is 2.97. The quantitative estimate of drug-likeness (QED) is 0.296. The molecule has 0 bridgehead atoms. The summed E-state index contributed by atoms with van der Waals surface area (Å²) in [5.41, 5.74) is 0.351. The molecule has 0 unspecified atom stereocenters. The molecule has 1 aromatic rings. The molecule has 104 valence electrons. The fourth-order valence-electron chi connectivity index (χ4n) is 1.61. The van der Waals surface area contributed by atoms with Crippen molar-refractivity contribution >= 4 is 18.0 Å². The van der Waals surface area contributed by atoms with Gasteiger partial charge in [0.2, 0.25) is 6.79 Å². The fourth-order valence-corrected chi connectivity index (χ4v) is 1.61. The molecule has 0 saturated carbocycles. The van der Waals surface area contributed by atoms with Crippen LogP contribution in [0.15, 0.2) is 35.9 Å². The molecule has 0 atom stereocenters. The molecular weight excluding hydrogens is 264 g/mol. The molecular formula is C14H12O6. The van der Waals surface area contributed by atoms with Gasteiger partial charge in [0.15, 0.2) is 11.5 Å². The lowest BCUT2D eigenvalue weighted by Gasteiger charge is -1.98. The van der Waals surface area contributed by atoms with Crippen LogP contribution in [0.2, 0.25) is 0 Å². The van der Waals surface area contributed by atoms with E-state index in [0.29, 0.717) is 11.5 Å². The first kappa shape index (κ1) is 13.7. The number of carbonyl (C=O) groups excluding carboxylic acids is 1. The van der Waals surface area contributed by atoms with E-state index >= 15 is 0 Å². The molecule has 0 fully saturated rings. The molecule has 20 heavy (non-hydrogen) atoms. The summed E-state index contributed by atoms with van der Waals surface area (Å²) in [7, 11) is 1.13. The lowest BCUT2D eigenvalue weighted by Crippen LogP contribution is -2.13. The lowest BCUT2D eigenvalue weighted by atomic mass is 10.1. The van der Waals surface area contributed by atoms with Crippen molar-refractivity contribution in [2.45, 2.75) is 0 Å². The molecule has 0 amide bonds. The third-order valence-electron chi connectivity index (χ3n) is 2.58. The molecule has 6 heteroatoms. The summed E-state index contributed by atoms with van der Waals surface area (Å²) in [5, 5.41) is 8.86. The minimum Gasteiger partial charge on any atom is -0.477 e. The van der Waals surface area contributed by atoms with Gasteiger partial charge in [-0.1, -0.05) is 18.2 Å². The van der Waals surface area contributed by atoms with Crippen LogP contribution in [0.3, 0.4) is 0 Å². The number of benzene rings is 1. The van der Waals surface area contributed by atoms with Crippen molar-refractivity contribution in [2.24, 2.45) is 0 Å². The van der Waals surface area contributed by atoms with Crippen LogP contribution in [0.5, 0.6) is 11.5 Å². The SMILES string of the molecule is COC(=O)/C(=C/C=C/c1ccc2c(c1)OCO2)C(=O)O. The van der Waals surface area contributed by atoms with Crippen molar-refractivity contribution in [3.63, 3.8) is 0 Å². The summed E-state index contributed by atoms with van der Waals surface area (Å²) in [6.07, 6.45) is 4.28. The highest BCUT2D eigenvalue weighted by atomic mass is 16.7. The predicted molar refractivity (Wildman–Crippen MR) is 69.3 cm³/mol. The Bertz CT molecular complexity index is 600. The maximum Gasteiger partial charge on any atom is 0.345 e. The van der Waals surface area contributed by atoms with Crippen LogP contribution in [0.1, 0.15) is 5.56 Å². The highest BCUT2D eigenvalue weighted by molar-refractivity contribution is 6.13. The zero-order valence-electron chi connectivity index (χ0n) is 10.7. The van der Waals surface area contributed by atoms with Gasteiger partial charge in [-0.15, -0.1) is 0 Å². The molecule has 0 spiro atoms. The minimum absolute atomic E-state index is 0.188. The van der Waals surface area contributed by atoms with Gasteiger partial charge in [-0.05, 0) is 23.8 Å². The first-order valence-corrected chi connectivity index (χ1v) is 5.71. The van der Waals surface area contributed by atoms with Crippen molar-refractivity contribution < 1.29 is 28.9 Å². The van der Waals surface area contributed by atoms with Gasteiger partial charge in [0.05, 0.1) is 7.11 Å². The number of carboxylic acid groups (broad SMARTS) is 1. The number of rotatable bonds is 4. The number of methoxy groups -OCH3 is 1. The van der Waals surface area contributed by atoms with E-state index in [9.17, 15) is 9.59 Å². The maximum absolute atomic E-state index is 11.2. The molecule has 1 aliphatic rings. The first-order chi connectivity index (χ1) is 9.61. The average molecular weight is 276 g/mol. The Morgan fingerprint density at radius 2 is 2.05 bits per heavy atom. The predicted octanol–water partition coefficient (Wildman–Crippen LogP) is 1.61. The maximum atomic E-state index is 11.2. The summed E-state index contributed by atoms with van der Waals surface area (Å²) < 4.78 is 14.8. The number of carboxylic acids is 1. The Morgan fingerprint density at radius 3 is 2.75 bits per heavy atom. The number of ether oxygens (including phenoxy) is 3. The van der Waals surface area contributed by atoms with Crippen molar-refractivity contribution in [3.8, 4) is 11.5 Å². The molecule has 2 rings (SSSR count). The van der Waals surface area contributed by atoms with E-state index in [1.165, 1.54) is 12.2 Å². The van der Waals surface area contributed by atoms with Gasteiger partial charge in [-0.2, -0.15) is 0 Å². The Hall–Kier alpha value is -2.76. The van der Waals surface area contributed by atoms with Crippen LogP contribution in [0.4, 0.5) is 0 Å². The van der Waals surface area contributed by atoms with E-state index in [-0.39, 0.29) is 6.79 Å². The van der Waals surface area contributed by atoms with Gasteiger partial charge in [-0.25, -0.2) is 9.59 Å². The second kappa shape index (κ2) is 5.92. The largest absolute Gasteiger partial charge is 0.477 e. The third-order valence-corrected chi connectivity index (χ3v) is 2.58. The van der Waals surface area contributed by atoms with E-state index < -0.39 is 17.5 Å². The summed E-state index contributed by atoms with van der Waals surface area (Å²) in [6.45, 7) is 0.188. The van der Waals surface area contributed by atoms with E-state index in [4.69, 9.17) is 14.6 Å². The summed E-state index contributed by atoms with van der Waals surface area (Å²) in [5.74, 6) is -0.943. The zero-order chi connectivity index (χ0) is 14.5. The van der Waals surface area contributed by atoms with E-state index in [0.717, 1.165) is 12.7 Å². The number of hydrogen-bond donors (Lipinski definition) is 1. The monoisotopic (exact) mass is 276 g/mol. The number of fused-ring (bicyclic) bond motifs is 1. The molecule has 1 aromatic carbocycles. The Balaban J connectivity index is 2.16. The van der Waals surface area contributed by atoms with Crippen LogP contribution in [-0.4, -0.2) is 30.9 Å². The highest BCUT2D eigenvalue weighted by Crippen LogP contribution is 2.32. The number of carbonyl (C=O) groups is 2. The first-order valence-electron chi connectivity index (χ1n) is 5.71. The Kier molecular flexibility index (Phi) is 4.05. The van der Waals surface area contributed by atoms with E-state index in [1.54, 1.807) is 24.3 Å². The van der Waals surface area contributed by atoms with Gasteiger partial charge in [0.25, 0.3) is 0 Å². The van der Waals surface area contributed by atoms with Crippen LogP contribution < -0.4 is 9.47 Å². The second-order valence-electron chi connectivity index (χ2n) is 3.85. The molecule has 0 aromatic heterocycles. The van der Waals surface area contributed by atoms with Crippen LogP contribution in [0.25, 0.3) is 6.08 Å². The lowest BCUT2D eigenvalue weighted by molar-refractivity contribution is -0.142. The minimum atomic E-state index is -1.34. The van der Waals surface area contributed by atoms with Crippen LogP contribution in [-0.2, 0) is 14.3 Å². The summed E-state index contributed by atoms with van der Waals surface area (Å²) >= 11 is 0. The van der Waals surface area contributed by atoms with Gasteiger partial charge < -0.3 is 19.3 Å². The van der Waals surface area contributed by atoms with Crippen molar-refractivity contribution in [3.05, 3.63) is 41.5 Å². The summed E-state index contributed by atoms with van der Waals surface area (Å²) in [6, 6.07) is 5.30. The molecule has 1 N–H and O–H groups in total. The molecule has 6 nitrogen and oxygen atoms in total.